The van der Waals surface area contributed by atoms with Gasteiger partial charge in [-0.05, 0) is 57.8 Å². The van der Waals surface area contributed by atoms with E-state index in [2.05, 4.69) is 79.9 Å². The largest absolute Gasteiger partial charge is 0.394 e. The van der Waals surface area contributed by atoms with E-state index < -0.39 is 86.8 Å². The van der Waals surface area contributed by atoms with Gasteiger partial charge >= 0.3 is 0 Å². The molecule has 2 rings (SSSR count). The fourth-order valence-corrected chi connectivity index (χ4v) is 9.68. The van der Waals surface area contributed by atoms with Crippen LogP contribution in [0.1, 0.15) is 226 Å². The van der Waals surface area contributed by atoms with Crippen molar-refractivity contribution in [3.8, 4) is 0 Å². The number of amides is 1. The average Bonchev–Trinajstić information content (AvgIpc) is 3.41. The number of allylic oxidation sites excluding steroid dienone is 10. The van der Waals surface area contributed by atoms with Crippen LogP contribution < -0.4 is 5.32 Å². The molecule has 0 spiro atoms. The zero-order valence-corrected chi connectivity index (χ0v) is 46.8. The number of aliphatic hydroxyl groups excluding tert-OH is 8. The Hall–Kier alpha value is -2.31. The van der Waals surface area contributed by atoms with Crippen molar-refractivity contribution in [3.05, 3.63) is 60.8 Å². The summed E-state index contributed by atoms with van der Waals surface area (Å²) in [5.41, 5.74) is 0. The first-order chi connectivity index (χ1) is 36.6. The summed E-state index contributed by atoms with van der Waals surface area (Å²) >= 11 is 0. The van der Waals surface area contributed by atoms with Crippen LogP contribution in [0, 0.1) is 0 Å². The molecule has 0 radical (unpaired) electrons. The summed E-state index contributed by atoms with van der Waals surface area (Å²) in [6, 6.07) is -0.843. The molecule has 12 atom stereocenters. The maximum Gasteiger partial charge on any atom is 0.220 e. The number of carbonyl (C=O) groups excluding carboxylic acids is 1. The smallest absolute Gasteiger partial charge is 0.220 e. The highest BCUT2D eigenvalue weighted by molar-refractivity contribution is 5.76. The molecule has 0 aliphatic carbocycles. The first-order valence-electron chi connectivity index (χ1n) is 30.0. The topological polar surface area (TPSA) is 228 Å². The number of hydrogen-bond acceptors (Lipinski definition) is 13. The second-order valence-electron chi connectivity index (χ2n) is 21.1. The number of nitrogens with one attached hydrogen (secondary N) is 1. The maximum atomic E-state index is 13.3. The Morgan fingerprint density at radius 3 is 1.41 bits per heavy atom. The fraction of sp³-hybridized carbons (Fsp3) is 0.820. The normalized spacial score (nSPS) is 25.5. The van der Waals surface area contributed by atoms with Gasteiger partial charge in [0.25, 0.3) is 0 Å². The van der Waals surface area contributed by atoms with Gasteiger partial charge in [-0.3, -0.25) is 4.79 Å². The summed E-state index contributed by atoms with van der Waals surface area (Å²) in [6.07, 6.45) is 42.1. The van der Waals surface area contributed by atoms with Crippen LogP contribution in [-0.2, 0) is 23.7 Å². The standard InChI is InChI=1S/C61H109NO13/c1-3-5-7-9-11-13-15-17-19-21-23-25-27-29-31-33-35-37-39-41-43-45-53(66)62-49(50(65)44-42-40-38-36-34-32-30-28-26-24-22-20-18-16-14-12-10-8-6-4-2)48-72-60-58(71)56(69)59(52(47-64)74-60)75-61-57(70)55(68)54(67)51(46-63)73-61/h5,7,11,13,17,19,23,25,29,31,49-52,54-61,63-65,67-71H,3-4,6,8-10,12,14-16,18,20-22,24,26-28,30,32-48H2,1-2H3,(H,62,66)/b7-5-,13-11-,19-17-,25-23-,31-29-. The summed E-state index contributed by atoms with van der Waals surface area (Å²) in [7, 11) is 0. The van der Waals surface area contributed by atoms with E-state index >= 15 is 0 Å². The molecule has 75 heavy (non-hydrogen) atoms. The molecule has 2 saturated heterocycles. The molecule has 14 nitrogen and oxygen atoms in total. The van der Waals surface area contributed by atoms with Crippen molar-refractivity contribution in [2.24, 2.45) is 0 Å². The van der Waals surface area contributed by atoms with Gasteiger partial charge in [0, 0.05) is 6.42 Å². The van der Waals surface area contributed by atoms with Crippen LogP contribution >= 0.6 is 0 Å². The fourth-order valence-electron chi connectivity index (χ4n) is 9.68. The van der Waals surface area contributed by atoms with E-state index in [0.717, 1.165) is 89.9 Å². The lowest BCUT2D eigenvalue weighted by Gasteiger charge is -2.46. The SMILES string of the molecule is CC/C=C\C/C=C\C/C=C\C/C=C\C/C=C\CCCCCCCC(=O)NC(COC1OC(CO)C(OC2OC(CO)C(O)C(O)C2O)C(O)C1O)C(O)CCCCCCCCCCCCCCCCCCCCCC. The van der Waals surface area contributed by atoms with Crippen molar-refractivity contribution < 1.29 is 64.6 Å². The number of aliphatic hydroxyl groups is 8. The van der Waals surface area contributed by atoms with E-state index in [9.17, 15) is 45.6 Å². The molecule has 2 heterocycles. The molecular weight excluding hydrogens is 955 g/mol. The van der Waals surface area contributed by atoms with Gasteiger partial charge < -0.3 is 65.1 Å². The molecule has 12 unspecified atom stereocenters. The lowest BCUT2D eigenvalue weighted by Crippen LogP contribution is -2.65. The van der Waals surface area contributed by atoms with Crippen molar-refractivity contribution in [2.45, 2.75) is 299 Å². The Balaban J connectivity index is 1.77. The minimum atomic E-state index is -1.79. The Morgan fingerprint density at radius 1 is 0.493 bits per heavy atom. The third kappa shape index (κ3) is 32.4. The molecule has 2 fully saturated rings. The molecule has 0 aromatic carbocycles. The first-order valence-corrected chi connectivity index (χ1v) is 30.0. The summed E-state index contributed by atoms with van der Waals surface area (Å²) in [6.45, 7) is 2.74. The minimum absolute atomic E-state index is 0.226. The van der Waals surface area contributed by atoms with Crippen molar-refractivity contribution in [3.63, 3.8) is 0 Å². The van der Waals surface area contributed by atoms with E-state index in [4.69, 9.17) is 18.9 Å². The quantitative estimate of drug-likeness (QED) is 0.0204. The molecular formula is C61H109NO13. The third-order valence-electron chi connectivity index (χ3n) is 14.5. The van der Waals surface area contributed by atoms with Crippen molar-refractivity contribution in [1.82, 2.24) is 5.32 Å². The van der Waals surface area contributed by atoms with Crippen LogP contribution in [0.3, 0.4) is 0 Å². The van der Waals surface area contributed by atoms with E-state index in [-0.39, 0.29) is 18.9 Å². The molecule has 0 saturated carbocycles. The lowest BCUT2D eigenvalue weighted by molar-refractivity contribution is -0.359. The van der Waals surface area contributed by atoms with Crippen LogP contribution in [0.15, 0.2) is 60.8 Å². The summed E-state index contributed by atoms with van der Waals surface area (Å²) in [5, 5.41) is 87.3. The highest BCUT2D eigenvalue weighted by atomic mass is 16.7. The van der Waals surface area contributed by atoms with Gasteiger partial charge in [0.05, 0.1) is 32.0 Å². The van der Waals surface area contributed by atoms with E-state index in [1.807, 2.05) is 0 Å². The second kappa shape index (κ2) is 46.6. The maximum absolute atomic E-state index is 13.3. The van der Waals surface area contributed by atoms with Crippen LogP contribution in [0.2, 0.25) is 0 Å². The number of rotatable bonds is 47. The molecule has 2 aliphatic rings. The summed E-state index contributed by atoms with van der Waals surface area (Å²) < 4.78 is 22.8. The first kappa shape index (κ1) is 68.8. The Bertz CT molecular complexity index is 1490. The predicted octanol–water partition coefficient (Wildman–Crippen LogP) is 10.2. The van der Waals surface area contributed by atoms with Crippen LogP contribution in [-0.4, -0.2) is 140 Å². The highest BCUT2D eigenvalue weighted by Gasteiger charge is 2.51. The number of unbranched alkanes of at least 4 members (excludes halogenated alkanes) is 24. The van der Waals surface area contributed by atoms with Crippen molar-refractivity contribution >= 4 is 5.91 Å². The molecule has 0 bridgehead atoms. The van der Waals surface area contributed by atoms with Gasteiger partial charge in [0.1, 0.15) is 48.8 Å². The zero-order chi connectivity index (χ0) is 54.6. The summed E-state index contributed by atoms with van der Waals surface area (Å²) in [5.74, 6) is -0.226. The molecule has 9 N–H and O–H groups in total. The molecule has 14 heteroatoms. The van der Waals surface area contributed by atoms with Crippen LogP contribution in [0.4, 0.5) is 0 Å². The number of hydrogen-bond donors (Lipinski definition) is 9. The minimum Gasteiger partial charge on any atom is -0.394 e. The zero-order valence-electron chi connectivity index (χ0n) is 46.8. The Morgan fingerprint density at radius 2 is 0.920 bits per heavy atom. The van der Waals surface area contributed by atoms with Gasteiger partial charge in [-0.1, -0.05) is 222 Å². The third-order valence-corrected chi connectivity index (χ3v) is 14.5. The molecule has 2 aliphatic heterocycles. The Labute approximate surface area is 454 Å². The van der Waals surface area contributed by atoms with Gasteiger partial charge in [-0.15, -0.1) is 0 Å². The van der Waals surface area contributed by atoms with Gasteiger partial charge in [-0.25, -0.2) is 0 Å². The van der Waals surface area contributed by atoms with Gasteiger partial charge in [0.15, 0.2) is 12.6 Å². The van der Waals surface area contributed by atoms with Crippen LogP contribution in [0.25, 0.3) is 0 Å². The monoisotopic (exact) mass is 1060 g/mol. The highest BCUT2D eigenvalue weighted by Crippen LogP contribution is 2.30. The second-order valence-corrected chi connectivity index (χ2v) is 21.1. The van der Waals surface area contributed by atoms with E-state index in [1.165, 1.54) is 103 Å². The van der Waals surface area contributed by atoms with E-state index in [0.29, 0.717) is 12.8 Å². The molecule has 436 valence electrons. The predicted molar refractivity (Wildman–Crippen MR) is 300 cm³/mol. The van der Waals surface area contributed by atoms with Crippen molar-refractivity contribution in [1.29, 1.82) is 0 Å². The lowest BCUT2D eigenvalue weighted by atomic mass is 9.97. The molecule has 0 aromatic rings. The number of ether oxygens (including phenoxy) is 4. The molecule has 1 amide bonds. The summed E-state index contributed by atoms with van der Waals surface area (Å²) in [4.78, 5) is 13.3. The average molecular weight is 1060 g/mol. The van der Waals surface area contributed by atoms with Crippen LogP contribution in [0.5, 0.6) is 0 Å². The molecule has 0 aromatic heterocycles. The Kier molecular flexibility index (Phi) is 42.7. The number of carbonyl (C=O) groups is 1. The van der Waals surface area contributed by atoms with Crippen molar-refractivity contribution in [2.75, 3.05) is 19.8 Å². The van der Waals surface area contributed by atoms with Gasteiger partial charge in [0.2, 0.25) is 5.91 Å². The van der Waals surface area contributed by atoms with Gasteiger partial charge in [-0.2, -0.15) is 0 Å². The van der Waals surface area contributed by atoms with E-state index in [1.54, 1.807) is 0 Å².